The Bertz CT molecular complexity index is 263. The standard InChI is InChI=1S/C11H22N4/c1-3-7-15(9-5-12)8-4-11-13-6-10-14(11)2/h6,10H,3-5,7-9,12H2,1-2H3. The molecule has 0 aliphatic carbocycles. The highest BCUT2D eigenvalue weighted by atomic mass is 15.1. The van der Waals surface area contributed by atoms with E-state index in [-0.39, 0.29) is 0 Å². The van der Waals surface area contributed by atoms with E-state index in [1.807, 2.05) is 19.4 Å². The van der Waals surface area contributed by atoms with Gasteiger partial charge in [-0.25, -0.2) is 4.98 Å². The Morgan fingerprint density at radius 2 is 2.20 bits per heavy atom. The Morgan fingerprint density at radius 1 is 1.40 bits per heavy atom. The van der Waals surface area contributed by atoms with Crippen molar-refractivity contribution in [3.05, 3.63) is 18.2 Å². The molecule has 1 heterocycles. The van der Waals surface area contributed by atoms with Crippen LogP contribution in [0.25, 0.3) is 0 Å². The third kappa shape index (κ3) is 4.01. The summed E-state index contributed by atoms with van der Waals surface area (Å²) in [5.41, 5.74) is 5.58. The molecule has 1 aromatic rings. The molecule has 0 amide bonds. The molecule has 0 aliphatic rings. The van der Waals surface area contributed by atoms with E-state index in [1.54, 1.807) is 0 Å². The van der Waals surface area contributed by atoms with Gasteiger partial charge in [-0.15, -0.1) is 0 Å². The molecule has 0 radical (unpaired) electrons. The van der Waals surface area contributed by atoms with Gasteiger partial charge in [0.05, 0.1) is 0 Å². The molecular weight excluding hydrogens is 188 g/mol. The van der Waals surface area contributed by atoms with Crippen LogP contribution in [0.4, 0.5) is 0 Å². The van der Waals surface area contributed by atoms with E-state index in [0.717, 1.165) is 38.4 Å². The SMILES string of the molecule is CCCN(CCN)CCc1nccn1C. The van der Waals surface area contributed by atoms with Gasteiger partial charge in [-0.1, -0.05) is 6.92 Å². The van der Waals surface area contributed by atoms with Gasteiger partial charge in [0, 0.05) is 45.5 Å². The molecule has 0 fully saturated rings. The lowest BCUT2D eigenvalue weighted by atomic mass is 10.3. The minimum atomic E-state index is 0.737. The molecule has 0 bridgehead atoms. The number of aromatic nitrogens is 2. The molecule has 0 aliphatic heterocycles. The van der Waals surface area contributed by atoms with E-state index in [2.05, 4.69) is 21.4 Å². The zero-order valence-electron chi connectivity index (χ0n) is 9.82. The first-order chi connectivity index (χ1) is 7.27. The van der Waals surface area contributed by atoms with E-state index >= 15 is 0 Å². The molecule has 0 spiro atoms. The maximum absolute atomic E-state index is 5.58. The van der Waals surface area contributed by atoms with Crippen LogP contribution < -0.4 is 5.73 Å². The van der Waals surface area contributed by atoms with Crippen molar-refractivity contribution in [3.63, 3.8) is 0 Å². The van der Waals surface area contributed by atoms with Gasteiger partial charge >= 0.3 is 0 Å². The number of hydrogen-bond donors (Lipinski definition) is 1. The maximum atomic E-state index is 5.58. The van der Waals surface area contributed by atoms with E-state index in [0.29, 0.717) is 0 Å². The normalized spacial score (nSPS) is 11.2. The summed E-state index contributed by atoms with van der Waals surface area (Å²) >= 11 is 0. The van der Waals surface area contributed by atoms with Gasteiger partial charge in [-0.05, 0) is 13.0 Å². The molecular formula is C11H22N4. The van der Waals surface area contributed by atoms with E-state index in [9.17, 15) is 0 Å². The first-order valence-electron chi connectivity index (χ1n) is 5.66. The first kappa shape index (κ1) is 12.2. The summed E-state index contributed by atoms with van der Waals surface area (Å²) in [7, 11) is 2.04. The highest BCUT2D eigenvalue weighted by molar-refractivity contribution is 4.91. The van der Waals surface area contributed by atoms with Crippen molar-refractivity contribution in [2.75, 3.05) is 26.2 Å². The van der Waals surface area contributed by atoms with E-state index in [1.165, 1.54) is 6.42 Å². The predicted molar refractivity (Wildman–Crippen MR) is 62.7 cm³/mol. The van der Waals surface area contributed by atoms with Gasteiger partial charge in [0.25, 0.3) is 0 Å². The van der Waals surface area contributed by atoms with Crippen LogP contribution >= 0.6 is 0 Å². The Labute approximate surface area is 92.1 Å². The van der Waals surface area contributed by atoms with Gasteiger partial charge in [-0.3, -0.25) is 0 Å². The fourth-order valence-electron chi connectivity index (χ4n) is 1.73. The van der Waals surface area contributed by atoms with Gasteiger partial charge in [0.2, 0.25) is 0 Å². The van der Waals surface area contributed by atoms with Crippen LogP contribution in [0.2, 0.25) is 0 Å². The first-order valence-corrected chi connectivity index (χ1v) is 5.66. The Balaban J connectivity index is 2.36. The molecule has 0 aromatic carbocycles. The van der Waals surface area contributed by atoms with Gasteiger partial charge in [-0.2, -0.15) is 0 Å². The Hall–Kier alpha value is -0.870. The second-order valence-corrected chi connectivity index (χ2v) is 3.83. The summed E-state index contributed by atoms with van der Waals surface area (Å²) in [5.74, 6) is 1.15. The lowest BCUT2D eigenvalue weighted by Crippen LogP contribution is -2.32. The Morgan fingerprint density at radius 3 is 2.73 bits per heavy atom. The van der Waals surface area contributed by atoms with Crippen LogP contribution in [0.5, 0.6) is 0 Å². The molecule has 0 saturated carbocycles. The highest BCUT2D eigenvalue weighted by Crippen LogP contribution is 1.98. The highest BCUT2D eigenvalue weighted by Gasteiger charge is 2.05. The molecule has 86 valence electrons. The van der Waals surface area contributed by atoms with Crippen LogP contribution in [-0.4, -0.2) is 40.6 Å². The topological polar surface area (TPSA) is 47.1 Å². The monoisotopic (exact) mass is 210 g/mol. The molecule has 0 saturated heterocycles. The largest absolute Gasteiger partial charge is 0.338 e. The Kier molecular flexibility index (Phi) is 5.36. The number of imidazole rings is 1. The number of rotatable bonds is 7. The third-order valence-corrected chi connectivity index (χ3v) is 2.56. The summed E-state index contributed by atoms with van der Waals surface area (Å²) in [6, 6.07) is 0. The van der Waals surface area contributed by atoms with E-state index < -0.39 is 0 Å². The lowest BCUT2D eigenvalue weighted by Gasteiger charge is -2.20. The fraction of sp³-hybridized carbons (Fsp3) is 0.727. The second-order valence-electron chi connectivity index (χ2n) is 3.83. The number of hydrogen-bond acceptors (Lipinski definition) is 3. The van der Waals surface area contributed by atoms with Crippen LogP contribution in [0.3, 0.4) is 0 Å². The van der Waals surface area contributed by atoms with Crippen molar-refractivity contribution in [2.24, 2.45) is 12.8 Å². The van der Waals surface area contributed by atoms with Crippen molar-refractivity contribution in [3.8, 4) is 0 Å². The number of nitrogens with zero attached hydrogens (tertiary/aromatic N) is 3. The molecule has 2 N–H and O–H groups in total. The van der Waals surface area contributed by atoms with Crippen molar-refractivity contribution < 1.29 is 0 Å². The average Bonchev–Trinajstić information content (AvgIpc) is 2.61. The average molecular weight is 210 g/mol. The van der Waals surface area contributed by atoms with Crippen LogP contribution in [0.15, 0.2) is 12.4 Å². The zero-order chi connectivity index (χ0) is 11.1. The van der Waals surface area contributed by atoms with E-state index in [4.69, 9.17) is 5.73 Å². The number of aryl methyl sites for hydroxylation is 1. The lowest BCUT2D eigenvalue weighted by molar-refractivity contribution is 0.282. The third-order valence-electron chi connectivity index (χ3n) is 2.56. The minimum Gasteiger partial charge on any atom is -0.338 e. The summed E-state index contributed by atoms with van der Waals surface area (Å²) in [4.78, 5) is 6.71. The van der Waals surface area contributed by atoms with Crippen molar-refractivity contribution >= 4 is 0 Å². The summed E-state index contributed by atoms with van der Waals surface area (Å²) in [5, 5.41) is 0. The van der Waals surface area contributed by atoms with Crippen LogP contribution in [0, 0.1) is 0 Å². The van der Waals surface area contributed by atoms with Crippen molar-refractivity contribution in [1.82, 2.24) is 14.5 Å². The molecule has 15 heavy (non-hydrogen) atoms. The molecule has 0 atom stereocenters. The van der Waals surface area contributed by atoms with Crippen molar-refractivity contribution in [2.45, 2.75) is 19.8 Å². The smallest absolute Gasteiger partial charge is 0.109 e. The summed E-state index contributed by atoms with van der Waals surface area (Å²) in [6.45, 7) is 6.10. The minimum absolute atomic E-state index is 0.737. The van der Waals surface area contributed by atoms with Crippen molar-refractivity contribution in [1.29, 1.82) is 0 Å². The molecule has 1 rings (SSSR count). The van der Waals surface area contributed by atoms with Gasteiger partial charge < -0.3 is 15.2 Å². The van der Waals surface area contributed by atoms with Gasteiger partial charge in [0.15, 0.2) is 0 Å². The van der Waals surface area contributed by atoms with Crippen LogP contribution in [-0.2, 0) is 13.5 Å². The fourth-order valence-corrected chi connectivity index (χ4v) is 1.73. The summed E-state index contributed by atoms with van der Waals surface area (Å²) in [6.07, 6.45) is 6.02. The second kappa shape index (κ2) is 6.58. The molecule has 4 heteroatoms. The molecule has 4 nitrogen and oxygen atoms in total. The number of nitrogens with two attached hydrogens (primary N) is 1. The predicted octanol–water partition coefficient (Wildman–Crippen LogP) is 0.633. The van der Waals surface area contributed by atoms with Gasteiger partial charge in [0.1, 0.15) is 5.82 Å². The summed E-state index contributed by atoms with van der Waals surface area (Å²) < 4.78 is 2.08. The van der Waals surface area contributed by atoms with Crippen LogP contribution in [0.1, 0.15) is 19.2 Å². The quantitative estimate of drug-likeness (QED) is 0.718. The molecule has 1 aromatic heterocycles. The zero-order valence-corrected chi connectivity index (χ0v) is 9.82. The maximum Gasteiger partial charge on any atom is 0.109 e. The molecule has 0 unspecified atom stereocenters.